The molecule has 0 unspecified atom stereocenters. The molecule has 1 aromatic heterocycles. The van der Waals surface area contributed by atoms with E-state index in [9.17, 15) is 8.42 Å². The van der Waals surface area contributed by atoms with E-state index >= 15 is 0 Å². The lowest BCUT2D eigenvalue weighted by Crippen LogP contribution is -2.26. The summed E-state index contributed by atoms with van der Waals surface area (Å²) < 4.78 is 42.1. The van der Waals surface area contributed by atoms with Gasteiger partial charge in [0, 0.05) is 12.6 Å². The maximum absolute atomic E-state index is 12.8. The molecule has 0 N–H and O–H groups in total. The van der Waals surface area contributed by atoms with Crippen LogP contribution in [0.2, 0.25) is 5.02 Å². The molecule has 0 saturated carbocycles. The first kappa shape index (κ1) is 20.1. The molecular weight excluding hydrogens is 406 g/mol. The zero-order chi connectivity index (χ0) is 20.3. The van der Waals surface area contributed by atoms with Gasteiger partial charge in [0.2, 0.25) is 21.7 Å². The molecule has 0 radical (unpaired) electrons. The first-order valence-corrected chi connectivity index (χ1v) is 9.94. The van der Waals surface area contributed by atoms with Crippen LogP contribution in [0.3, 0.4) is 0 Å². The largest absolute Gasteiger partial charge is 0.497 e. The summed E-state index contributed by atoms with van der Waals surface area (Å²) in [5.74, 6) is 1.54. The van der Waals surface area contributed by atoms with Gasteiger partial charge in [0.1, 0.15) is 11.5 Å². The van der Waals surface area contributed by atoms with E-state index in [2.05, 4.69) is 10.1 Å². The summed E-state index contributed by atoms with van der Waals surface area (Å²) in [4.78, 5) is 4.30. The van der Waals surface area contributed by atoms with Crippen molar-refractivity contribution in [2.45, 2.75) is 11.4 Å². The molecule has 3 rings (SSSR count). The average molecular weight is 424 g/mol. The molecular formula is C18H18ClN3O5S. The molecule has 0 amide bonds. The van der Waals surface area contributed by atoms with Crippen molar-refractivity contribution in [2.75, 3.05) is 21.3 Å². The molecule has 10 heteroatoms. The highest BCUT2D eigenvalue weighted by Crippen LogP contribution is 2.28. The number of sulfonamides is 1. The van der Waals surface area contributed by atoms with Crippen LogP contribution in [0.1, 0.15) is 5.89 Å². The van der Waals surface area contributed by atoms with Crippen molar-refractivity contribution in [3.05, 3.63) is 53.4 Å². The SMILES string of the molecule is COc1cccc(-c2noc(CN(C)S(=O)(=O)c3ccc(OC)c(Cl)c3)n2)c1. The molecule has 28 heavy (non-hydrogen) atoms. The minimum Gasteiger partial charge on any atom is -0.497 e. The lowest BCUT2D eigenvalue weighted by molar-refractivity contribution is 0.336. The number of halogens is 1. The molecule has 0 spiro atoms. The Morgan fingerprint density at radius 1 is 1.14 bits per heavy atom. The van der Waals surface area contributed by atoms with Gasteiger partial charge < -0.3 is 14.0 Å². The minimum absolute atomic E-state index is 0.0355. The highest BCUT2D eigenvalue weighted by Gasteiger charge is 2.24. The number of hydrogen-bond acceptors (Lipinski definition) is 7. The van der Waals surface area contributed by atoms with E-state index in [4.69, 9.17) is 25.6 Å². The van der Waals surface area contributed by atoms with Crippen molar-refractivity contribution >= 4 is 21.6 Å². The fourth-order valence-electron chi connectivity index (χ4n) is 2.46. The molecule has 8 nitrogen and oxygen atoms in total. The molecule has 0 atom stereocenters. The first-order chi connectivity index (χ1) is 13.3. The Bertz CT molecular complexity index is 1080. The van der Waals surface area contributed by atoms with Gasteiger partial charge in [-0.1, -0.05) is 28.9 Å². The van der Waals surface area contributed by atoms with Crippen LogP contribution in [0, 0.1) is 0 Å². The van der Waals surface area contributed by atoms with Crippen molar-refractivity contribution < 1.29 is 22.4 Å². The Morgan fingerprint density at radius 3 is 2.61 bits per heavy atom. The lowest BCUT2D eigenvalue weighted by atomic mass is 10.2. The highest BCUT2D eigenvalue weighted by atomic mass is 35.5. The number of ether oxygens (including phenoxy) is 2. The van der Waals surface area contributed by atoms with E-state index in [0.29, 0.717) is 22.9 Å². The minimum atomic E-state index is -3.81. The third-order valence-corrected chi connectivity index (χ3v) is 6.08. The normalized spacial score (nSPS) is 11.6. The molecule has 0 aliphatic heterocycles. The van der Waals surface area contributed by atoms with Gasteiger partial charge >= 0.3 is 0 Å². The van der Waals surface area contributed by atoms with E-state index in [0.717, 1.165) is 4.31 Å². The Hall–Kier alpha value is -2.62. The topological polar surface area (TPSA) is 94.8 Å². The molecule has 0 aliphatic carbocycles. The zero-order valence-electron chi connectivity index (χ0n) is 15.4. The third-order valence-electron chi connectivity index (χ3n) is 3.99. The first-order valence-electron chi connectivity index (χ1n) is 8.12. The Labute approximate surface area is 167 Å². The molecule has 0 aliphatic rings. The van der Waals surface area contributed by atoms with Crippen LogP contribution in [0.25, 0.3) is 11.4 Å². The fourth-order valence-corrected chi connectivity index (χ4v) is 3.93. The van der Waals surface area contributed by atoms with Crippen molar-refractivity contribution in [1.29, 1.82) is 0 Å². The van der Waals surface area contributed by atoms with Crippen molar-refractivity contribution in [1.82, 2.24) is 14.4 Å². The summed E-state index contributed by atoms with van der Waals surface area (Å²) in [7, 11) is 0.631. The Kier molecular flexibility index (Phi) is 5.87. The van der Waals surface area contributed by atoms with Gasteiger partial charge in [-0.15, -0.1) is 0 Å². The summed E-state index contributed by atoms with van der Waals surface area (Å²) in [6.07, 6.45) is 0. The van der Waals surface area contributed by atoms with Gasteiger partial charge in [0.05, 0.1) is 30.7 Å². The van der Waals surface area contributed by atoms with E-state index < -0.39 is 10.0 Å². The van der Waals surface area contributed by atoms with E-state index in [-0.39, 0.29) is 22.4 Å². The molecule has 1 heterocycles. The quantitative estimate of drug-likeness (QED) is 0.575. The molecule has 148 valence electrons. The summed E-state index contributed by atoms with van der Waals surface area (Å²) in [5, 5.41) is 4.11. The number of hydrogen-bond donors (Lipinski definition) is 0. The van der Waals surface area contributed by atoms with Gasteiger partial charge in [-0.3, -0.25) is 0 Å². The van der Waals surface area contributed by atoms with Crippen LogP contribution in [0.15, 0.2) is 51.9 Å². The van der Waals surface area contributed by atoms with Gasteiger partial charge in [0.15, 0.2) is 0 Å². The standard InChI is InChI=1S/C18H18ClN3O5S/c1-22(28(23,24)14-7-8-16(26-3)15(19)10-14)11-17-20-18(21-27-17)12-5-4-6-13(9-12)25-2/h4-10H,11H2,1-3H3. The van der Waals surface area contributed by atoms with Crippen LogP contribution in [-0.2, 0) is 16.6 Å². The van der Waals surface area contributed by atoms with Crippen molar-refractivity contribution in [3.8, 4) is 22.9 Å². The number of benzene rings is 2. The van der Waals surface area contributed by atoms with Gasteiger partial charge in [-0.2, -0.15) is 9.29 Å². The summed E-state index contributed by atoms with van der Waals surface area (Å²) >= 11 is 6.04. The lowest BCUT2D eigenvalue weighted by Gasteiger charge is -2.15. The monoisotopic (exact) mass is 423 g/mol. The summed E-state index contributed by atoms with van der Waals surface area (Å²) in [5.41, 5.74) is 0.696. The van der Waals surface area contributed by atoms with Crippen molar-refractivity contribution in [3.63, 3.8) is 0 Å². The van der Waals surface area contributed by atoms with Gasteiger partial charge in [-0.25, -0.2) is 8.42 Å². The molecule has 0 bridgehead atoms. The van der Waals surface area contributed by atoms with Gasteiger partial charge in [-0.05, 0) is 30.3 Å². The average Bonchev–Trinajstić information content (AvgIpc) is 3.16. The third kappa shape index (κ3) is 4.11. The second-order valence-corrected chi connectivity index (χ2v) is 8.25. The molecule has 3 aromatic rings. The number of methoxy groups -OCH3 is 2. The molecule has 0 fully saturated rings. The second kappa shape index (κ2) is 8.17. The number of aromatic nitrogens is 2. The maximum Gasteiger partial charge on any atom is 0.243 e. The number of rotatable bonds is 7. The summed E-state index contributed by atoms with van der Waals surface area (Å²) in [6.45, 7) is -0.0943. The molecule has 2 aromatic carbocycles. The fraction of sp³-hybridized carbons (Fsp3) is 0.222. The maximum atomic E-state index is 12.8. The van der Waals surface area contributed by atoms with E-state index in [1.165, 1.54) is 32.4 Å². The van der Waals surface area contributed by atoms with Crippen molar-refractivity contribution in [2.24, 2.45) is 0 Å². The van der Waals surface area contributed by atoms with Crippen LogP contribution in [0.4, 0.5) is 0 Å². The predicted octanol–water partition coefficient (Wildman–Crippen LogP) is 3.23. The number of nitrogens with zero attached hydrogens (tertiary/aromatic N) is 3. The van der Waals surface area contributed by atoms with Crippen LogP contribution < -0.4 is 9.47 Å². The van der Waals surface area contributed by atoms with E-state index in [1.807, 2.05) is 0 Å². The Balaban J connectivity index is 1.80. The second-order valence-electron chi connectivity index (χ2n) is 5.80. The van der Waals surface area contributed by atoms with Crippen LogP contribution >= 0.6 is 11.6 Å². The highest BCUT2D eigenvalue weighted by molar-refractivity contribution is 7.89. The predicted molar refractivity (Wildman–Crippen MR) is 103 cm³/mol. The van der Waals surface area contributed by atoms with Crippen LogP contribution in [0.5, 0.6) is 11.5 Å². The van der Waals surface area contributed by atoms with E-state index in [1.54, 1.807) is 31.4 Å². The summed E-state index contributed by atoms with van der Waals surface area (Å²) in [6, 6.07) is 11.4. The van der Waals surface area contributed by atoms with Crippen LogP contribution in [-0.4, -0.2) is 44.1 Å². The Morgan fingerprint density at radius 2 is 1.93 bits per heavy atom. The zero-order valence-corrected chi connectivity index (χ0v) is 17.0. The molecule has 0 saturated heterocycles. The smallest absolute Gasteiger partial charge is 0.243 e. The van der Waals surface area contributed by atoms with Gasteiger partial charge in [0.25, 0.3) is 0 Å².